The normalized spacial score (nSPS) is 15.8. The summed E-state index contributed by atoms with van der Waals surface area (Å²) in [7, 11) is -1.56. The SMILES string of the molecule is C[Si](C)(C)Oc1cccc2c1CCC(=O)C2. The van der Waals surface area contributed by atoms with Crippen molar-refractivity contribution >= 4 is 14.1 Å². The van der Waals surface area contributed by atoms with E-state index in [1.165, 1.54) is 5.56 Å². The molecule has 0 radical (unpaired) electrons. The third kappa shape index (κ3) is 2.53. The first-order chi connectivity index (χ1) is 7.46. The van der Waals surface area contributed by atoms with Gasteiger partial charge in [0.25, 0.3) is 0 Å². The van der Waals surface area contributed by atoms with Gasteiger partial charge in [-0.1, -0.05) is 12.1 Å². The fourth-order valence-corrected chi connectivity index (χ4v) is 2.90. The Morgan fingerprint density at radius 3 is 2.62 bits per heavy atom. The Bertz CT molecular complexity index is 418. The molecule has 0 aliphatic heterocycles. The van der Waals surface area contributed by atoms with E-state index in [-0.39, 0.29) is 0 Å². The molecule has 1 aromatic carbocycles. The average Bonchev–Trinajstić information content (AvgIpc) is 2.15. The van der Waals surface area contributed by atoms with E-state index in [1.54, 1.807) is 0 Å². The molecule has 16 heavy (non-hydrogen) atoms. The molecule has 1 aromatic rings. The van der Waals surface area contributed by atoms with E-state index in [9.17, 15) is 4.79 Å². The van der Waals surface area contributed by atoms with Crippen LogP contribution in [0.25, 0.3) is 0 Å². The predicted molar refractivity (Wildman–Crippen MR) is 67.4 cm³/mol. The standard InChI is InChI=1S/C13H18O2Si/c1-16(2,3)15-13-6-4-5-10-9-11(14)7-8-12(10)13/h4-6H,7-9H2,1-3H3. The minimum atomic E-state index is -1.56. The van der Waals surface area contributed by atoms with Crippen molar-refractivity contribution in [3.8, 4) is 5.75 Å². The second-order valence-electron chi connectivity index (χ2n) is 5.32. The van der Waals surface area contributed by atoms with Gasteiger partial charge in [0, 0.05) is 12.8 Å². The van der Waals surface area contributed by atoms with Gasteiger partial charge in [-0.25, -0.2) is 0 Å². The molecule has 1 aliphatic carbocycles. The van der Waals surface area contributed by atoms with E-state index >= 15 is 0 Å². The van der Waals surface area contributed by atoms with E-state index in [4.69, 9.17) is 4.43 Å². The van der Waals surface area contributed by atoms with Crippen molar-refractivity contribution in [1.29, 1.82) is 0 Å². The molecule has 0 atom stereocenters. The number of carbonyl (C=O) groups excluding carboxylic acids is 1. The van der Waals surface area contributed by atoms with Crippen LogP contribution in [-0.2, 0) is 17.6 Å². The number of Topliss-reactive ketones (excluding diaryl/α,β-unsaturated/α-hetero) is 1. The Kier molecular flexibility index (Phi) is 2.89. The topological polar surface area (TPSA) is 26.3 Å². The van der Waals surface area contributed by atoms with Gasteiger partial charge >= 0.3 is 0 Å². The molecule has 0 unspecified atom stereocenters. The number of carbonyl (C=O) groups is 1. The van der Waals surface area contributed by atoms with E-state index < -0.39 is 8.32 Å². The van der Waals surface area contributed by atoms with E-state index in [1.807, 2.05) is 18.2 Å². The third-order valence-electron chi connectivity index (χ3n) is 2.69. The van der Waals surface area contributed by atoms with E-state index in [0.29, 0.717) is 18.6 Å². The Hall–Kier alpha value is -1.09. The number of hydrogen-bond donors (Lipinski definition) is 0. The van der Waals surface area contributed by atoms with E-state index in [2.05, 4.69) is 19.6 Å². The molecule has 0 heterocycles. The molecule has 2 rings (SSSR count). The number of benzene rings is 1. The first kappa shape index (κ1) is 11.4. The maximum Gasteiger partial charge on any atom is 0.242 e. The summed E-state index contributed by atoms with van der Waals surface area (Å²) < 4.78 is 6.06. The zero-order valence-electron chi connectivity index (χ0n) is 10.2. The number of rotatable bonds is 2. The van der Waals surface area contributed by atoms with Crippen LogP contribution in [-0.4, -0.2) is 14.1 Å². The van der Waals surface area contributed by atoms with Gasteiger partial charge in [-0.3, -0.25) is 4.79 Å². The molecule has 86 valence electrons. The van der Waals surface area contributed by atoms with Crippen LogP contribution in [0, 0.1) is 0 Å². The summed E-state index contributed by atoms with van der Waals surface area (Å²) >= 11 is 0. The molecule has 0 aromatic heterocycles. The van der Waals surface area contributed by atoms with Gasteiger partial charge < -0.3 is 4.43 Å². The van der Waals surface area contributed by atoms with Crippen LogP contribution in [0.2, 0.25) is 19.6 Å². The van der Waals surface area contributed by atoms with Crippen molar-refractivity contribution in [2.45, 2.75) is 38.9 Å². The summed E-state index contributed by atoms with van der Waals surface area (Å²) in [6.45, 7) is 6.54. The van der Waals surface area contributed by atoms with Crippen molar-refractivity contribution in [2.24, 2.45) is 0 Å². The summed E-state index contributed by atoms with van der Waals surface area (Å²) in [4.78, 5) is 11.4. The maximum absolute atomic E-state index is 11.4. The lowest BCUT2D eigenvalue weighted by atomic mass is 9.90. The smallest absolute Gasteiger partial charge is 0.242 e. The second kappa shape index (κ2) is 4.05. The zero-order chi connectivity index (χ0) is 11.8. The highest BCUT2D eigenvalue weighted by Crippen LogP contribution is 2.29. The van der Waals surface area contributed by atoms with Crippen LogP contribution < -0.4 is 4.43 Å². The summed E-state index contributed by atoms with van der Waals surface area (Å²) in [6, 6.07) is 6.07. The number of fused-ring (bicyclic) bond motifs is 1. The van der Waals surface area contributed by atoms with E-state index in [0.717, 1.165) is 17.7 Å². The van der Waals surface area contributed by atoms with Gasteiger partial charge in [-0.15, -0.1) is 0 Å². The summed E-state index contributed by atoms with van der Waals surface area (Å²) in [6.07, 6.45) is 2.09. The first-order valence-corrected chi connectivity index (χ1v) is 9.18. The Morgan fingerprint density at radius 2 is 1.94 bits per heavy atom. The zero-order valence-corrected chi connectivity index (χ0v) is 11.2. The van der Waals surface area contributed by atoms with Crippen LogP contribution in [0.5, 0.6) is 5.75 Å². The molecule has 3 heteroatoms. The van der Waals surface area contributed by atoms with Crippen LogP contribution in [0.1, 0.15) is 17.5 Å². The molecule has 0 saturated carbocycles. The van der Waals surface area contributed by atoms with Crippen molar-refractivity contribution in [3.63, 3.8) is 0 Å². The molecule has 2 nitrogen and oxygen atoms in total. The molecular formula is C13H18O2Si. The molecule has 0 fully saturated rings. The highest BCUT2D eigenvalue weighted by molar-refractivity contribution is 6.70. The monoisotopic (exact) mass is 234 g/mol. The van der Waals surface area contributed by atoms with Gasteiger partial charge in [0.2, 0.25) is 8.32 Å². The van der Waals surface area contributed by atoms with Gasteiger partial charge in [0.1, 0.15) is 11.5 Å². The second-order valence-corrected chi connectivity index (χ2v) is 9.75. The highest BCUT2D eigenvalue weighted by Gasteiger charge is 2.22. The molecule has 0 saturated heterocycles. The van der Waals surface area contributed by atoms with Crippen LogP contribution in [0.3, 0.4) is 0 Å². The summed E-state index contributed by atoms with van der Waals surface area (Å²) in [5.74, 6) is 1.35. The molecular weight excluding hydrogens is 216 g/mol. The lowest BCUT2D eigenvalue weighted by Gasteiger charge is -2.24. The van der Waals surface area contributed by atoms with Gasteiger partial charge in [-0.2, -0.15) is 0 Å². The lowest BCUT2D eigenvalue weighted by molar-refractivity contribution is -0.118. The van der Waals surface area contributed by atoms with Crippen LogP contribution >= 0.6 is 0 Å². The fourth-order valence-electron chi connectivity index (χ4n) is 2.05. The highest BCUT2D eigenvalue weighted by atomic mass is 28.4. The summed E-state index contributed by atoms with van der Waals surface area (Å²) in [5, 5.41) is 0. The van der Waals surface area contributed by atoms with Crippen molar-refractivity contribution in [2.75, 3.05) is 0 Å². The lowest BCUT2D eigenvalue weighted by Crippen LogP contribution is -2.30. The first-order valence-electron chi connectivity index (χ1n) is 5.77. The molecule has 0 bridgehead atoms. The third-order valence-corrected chi connectivity index (χ3v) is 3.52. The molecule has 1 aliphatic rings. The Balaban J connectivity index is 2.34. The van der Waals surface area contributed by atoms with Crippen LogP contribution in [0.15, 0.2) is 18.2 Å². The minimum absolute atomic E-state index is 0.345. The van der Waals surface area contributed by atoms with Crippen molar-refractivity contribution < 1.29 is 9.22 Å². The number of ketones is 1. The van der Waals surface area contributed by atoms with Gasteiger partial charge in [-0.05, 0) is 43.3 Å². The van der Waals surface area contributed by atoms with Crippen LogP contribution in [0.4, 0.5) is 0 Å². The minimum Gasteiger partial charge on any atom is -0.544 e. The maximum atomic E-state index is 11.4. The van der Waals surface area contributed by atoms with Crippen molar-refractivity contribution in [3.05, 3.63) is 29.3 Å². The Labute approximate surface area is 97.8 Å². The molecule has 0 N–H and O–H groups in total. The van der Waals surface area contributed by atoms with Crippen molar-refractivity contribution in [1.82, 2.24) is 0 Å². The fraction of sp³-hybridized carbons (Fsp3) is 0.462. The average molecular weight is 234 g/mol. The molecule has 0 spiro atoms. The predicted octanol–water partition coefficient (Wildman–Crippen LogP) is 2.96. The van der Waals surface area contributed by atoms with Gasteiger partial charge in [0.15, 0.2) is 0 Å². The Morgan fingerprint density at radius 1 is 1.19 bits per heavy atom. The number of hydrogen-bond acceptors (Lipinski definition) is 2. The quantitative estimate of drug-likeness (QED) is 0.735. The largest absolute Gasteiger partial charge is 0.544 e. The molecule has 0 amide bonds. The van der Waals surface area contributed by atoms with Gasteiger partial charge in [0.05, 0.1) is 0 Å². The summed E-state index contributed by atoms with van der Waals surface area (Å²) in [5.41, 5.74) is 2.41.